The van der Waals surface area contributed by atoms with E-state index in [2.05, 4.69) is 5.32 Å². The largest absolute Gasteiger partial charge is 0.412 e. The SMILES string of the molecule is CNC(=O)Oc1ccc(F)c(Cl)c1. The van der Waals surface area contributed by atoms with E-state index in [4.69, 9.17) is 16.3 Å². The smallest absolute Gasteiger partial charge is 0.410 e. The highest BCUT2D eigenvalue weighted by molar-refractivity contribution is 6.30. The van der Waals surface area contributed by atoms with Crippen molar-refractivity contribution in [2.75, 3.05) is 7.05 Å². The molecular weight excluding hydrogens is 197 g/mol. The monoisotopic (exact) mass is 203 g/mol. The lowest BCUT2D eigenvalue weighted by Crippen LogP contribution is -2.21. The molecule has 0 aliphatic rings. The topological polar surface area (TPSA) is 38.3 Å². The van der Waals surface area contributed by atoms with Crippen LogP contribution >= 0.6 is 11.6 Å². The minimum atomic E-state index is -0.623. The molecule has 0 spiro atoms. The number of halogens is 2. The summed E-state index contributed by atoms with van der Waals surface area (Å²) < 4.78 is 17.3. The first-order valence-electron chi connectivity index (χ1n) is 3.48. The van der Waals surface area contributed by atoms with Crippen molar-refractivity contribution in [3.63, 3.8) is 0 Å². The predicted octanol–water partition coefficient (Wildman–Crippen LogP) is 2.20. The van der Waals surface area contributed by atoms with E-state index in [0.717, 1.165) is 6.07 Å². The van der Waals surface area contributed by atoms with Crippen LogP contribution in [0.15, 0.2) is 18.2 Å². The van der Waals surface area contributed by atoms with Crippen molar-refractivity contribution in [1.82, 2.24) is 5.32 Å². The molecule has 0 saturated heterocycles. The van der Waals surface area contributed by atoms with Gasteiger partial charge in [0.2, 0.25) is 0 Å². The van der Waals surface area contributed by atoms with Crippen LogP contribution in [0.25, 0.3) is 0 Å². The number of hydrogen-bond acceptors (Lipinski definition) is 2. The van der Waals surface area contributed by atoms with Crippen LogP contribution in [0.4, 0.5) is 9.18 Å². The lowest BCUT2D eigenvalue weighted by molar-refractivity contribution is 0.203. The highest BCUT2D eigenvalue weighted by atomic mass is 35.5. The molecule has 0 atom stereocenters. The second kappa shape index (κ2) is 4.09. The van der Waals surface area contributed by atoms with E-state index in [-0.39, 0.29) is 10.8 Å². The average Bonchev–Trinajstić information content (AvgIpc) is 2.11. The molecule has 0 aliphatic heterocycles. The Bertz CT molecular complexity index is 330. The van der Waals surface area contributed by atoms with E-state index in [1.54, 1.807) is 0 Å². The number of rotatable bonds is 1. The van der Waals surface area contributed by atoms with Crippen LogP contribution in [0.1, 0.15) is 0 Å². The minimum Gasteiger partial charge on any atom is -0.410 e. The number of nitrogens with one attached hydrogen (secondary N) is 1. The van der Waals surface area contributed by atoms with Crippen LogP contribution in [-0.2, 0) is 0 Å². The van der Waals surface area contributed by atoms with Crippen molar-refractivity contribution in [3.05, 3.63) is 29.0 Å². The van der Waals surface area contributed by atoms with Gasteiger partial charge in [0.05, 0.1) is 5.02 Å². The lowest BCUT2D eigenvalue weighted by Gasteiger charge is -2.03. The standard InChI is InChI=1S/C8H7ClFNO2/c1-11-8(12)13-5-2-3-7(10)6(9)4-5/h2-4H,1H3,(H,11,12). The molecule has 13 heavy (non-hydrogen) atoms. The van der Waals surface area contributed by atoms with E-state index in [9.17, 15) is 9.18 Å². The zero-order valence-electron chi connectivity index (χ0n) is 6.80. The van der Waals surface area contributed by atoms with E-state index in [1.165, 1.54) is 19.2 Å². The number of carbonyl (C=O) groups excluding carboxylic acids is 1. The number of hydrogen-bond donors (Lipinski definition) is 1. The summed E-state index contributed by atoms with van der Waals surface area (Å²) >= 11 is 5.45. The fourth-order valence-electron chi connectivity index (χ4n) is 0.698. The number of carbonyl (C=O) groups is 1. The second-order valence-electron chi connectivity index (χ2n) is 2.22. The van der Waals surface area contributed by atoms with Crippen molar-refractivity contribution < 1.29 is 13.9 Å². The molecule has 0 bridgehead atoms. The summed E-state index contributed by atoms with van der Waals surface area (Å²) in [6, 6.07) is 3.67. The number of ether oxygens (including phenoxy) is 1. The minimum absolute atomic E-state index is 0.0820. The van der Waals surface area contributed by atoms with Gasteiger partial charge in [0.1, 0.15) is 11.6 Å². The van der Waals surface area contributed by atoms with Crippen molar-refractivity contribution in [2.45, 2.75) is 0 Å². The zero-order valence-corrected chi connectivity index (χ0v) is 7.56. The molecule has 5 heteroatoms. The van der Waals surface area contributed by atoms with Gasteiger partial charge in [-0.25, -0.2) is 9.18 Å². The van der Waals surface area contributed by atoms with Crippen LogP contribution in [0.2, 0.25) is 5.02 Å². The predicted molar refractivity (Wildman–Crippen MR) is 46.5 cm³/mol. The fraction of sp³-hybridized carbons (Fsp3) is 0.125. The molecule has 0 saturated carbocycles. The molecule has 0 heterocycles. The third kappa shape index (κ3) is 2.59. The molecule has 3 nitrogen and oxygen atoms in total. The normalized spacial score (nSPS) is 9.46. The second-order valence-corrected chi connectivity index (χ2v) is 2.62. The molecule has 0 aromatic heterocycles. The first kappa shape index (κ1) is 9.80. The maximum absolute atomic E-state index is 12.6. The van der Waals surface area contributed by atoms with Crippen LogP contribution in [0.5, 0.6) is 5.75 Å². The van der Waals surface area contributed by atoms with Crippen LogP contribution in [-0.4, -0.2) is 13.1 Å². The lowest BCUT2D eigenvalue weighted by atomic mass is 10.3. The van der Waals surface area contributed by atoms with Crippen molar-refractivity contribution >= 4 is 17.7 Å². The average molecular weight is 204 g/mol. The Morgan fingerprint density at radius 3 is 2.85 bits per heavy atom. The summed E-state index contributed by atoms with van der Waals surface area (Å²) in [5.41, 5.74) is 0. The first-order chi connectivity index (χ1) is 6.13. The van der Waals surface area contributed by atoms with Crippen LogP contribution < -0.4 is 10.1 Å². The van der Waals surface area contributed by atoms with E-state index in [0.29, 0.717) is 0 Å². The van der Waals surface area contributed by atoms with E-state index >= 15 is 0 Å². The van der Waals surface area contributed by atoms with Gasteiger partial charge in [-0.1, -0.05) is 11.6 Å². The summed E-state index contributed by atoms with van der Waals surface area (Å²) in [6.45, 7) is 0. The Kier molecular flexibility index (Phi) is 3.08. The van der Waals surface area contributed by atoms with Crippen LogP contribution in [0, 0.1) is 5.82 Å². The van der Waals surface area contributed by atoms with Crippen molar-refractivity contribution in [1.29, 1.82) is 0 Å². The maximum atomic E-state index is 12.6. The summed E-state index contributed by atoms with van der Waals surface area (Å²) in [5.74, 6) is -0.350. The van der Waals surface area contributed by atoms with Gasteiger partial charge in [0.15, 0.2) is 0 Å². The molecule has 0 unspecified atom stereocenters. The maximum Gasteiger partial charge on any atom is 0.412 e. The molecule has 1 aromatic rings. The molecule has 0 radical (unpaired) electrons. The molecule has 1 aromatic carbocycles. The van der Waals surface area contributed by atoms with Gasteiger partial charge in [-0.15, -0.1) is 0 Å². The quantitative estimate of drug-likeness (QED) is 0.760. The summed E-state index contributed by atoms with van der Waals surface area (Å²) in [6.07, 6.45) is -0.623. The summed E-state index contributed by atoms with van der Waals surface area (Å²) in [5, 5.41) is 2.17. The van der Waals surface area contributed by atoms with Gasteiger partial charge in [-0.05, 0) is 12.1 Å². The van der Waals surface area contributed by atoms with Crippen molar-refractivity contribution in [2.24, 2.45) is 0 Å². The Morgan fingerprint density at radius 2 is 2.31 bits per heavy atom. The van der Waals surface area contributed by atoms with Gasteiger partial charge in [0, 0.05) is 13.1 Å². The molecule has 1 rings (SSSR count). The molecular formula is C8H7ClFNO2. The number of amides is 1. The molecule has 1 amide bonds. The number of benzene rings is 1. The molecule has 70 valence electrons. The summed E-state index contributed by atoms with van der Waals surface area (Å²) in [4.78, 5) is 10.7. The van der Waals surface area contributed by atoms with Gasteiger partial charge < -0.3 is 10.1 Å². The van der Waals surface area contributed by atoms with Crippen LogP contribution in [0.3, 0.4) is 0 Å². The Hall–Kier alpha value is -1.29. The van der Waals surface area contributed by atoms with E-state index in [1.807, 2.05) is 0 Å². The van der Waals surface area contributed by atoms with Gasteiger partial charge in [0.25, 0.3) is 0 Å². The van der Waals surface area contributed by atoms with Gasteiger partial charge in [-0.3, -0.25) is 0 Å². The van der Waals surface area contributed by atoms with Gasteiger partial charge in [-0.2, -0.15) is 0 Å². The fourth-order valence-corrected chi connectivity index (χ4v) is 0.869. The first-order valence-corrected chi connectivity index (χ1v) is 3.86. The van der Waals surface area contributed by atoms with Crippen molar-refractivity contribution in [3.8, 4) is 5.75 Å². The Balaban J connectivity index is 2.79. The highest BCUT2D eigenvalue weighted by Gasteiger charge is 2.04. The zero-order chi connectivity index (χ0) is 9.84. The Morgan fingerprint density at radius 1 is 1.62 bits per heavy atom. The Labute approximate surface area is 79.5 Å². The molecule has 0 aliphatic carbocycles. The van der Waals surface area contributed by atoms with Gasteiger partial charge >= 0.3 is 6.09 Å². The third-order valence-corrected chi connectivity index (χ3v) is 1.60. The molecule has 1 N–H and O–H groups in total. The third-order valence-electron chi connectivity index (χ3n) is 1.31. The highest BCUT2D eigenvalue weighted by Crippen LogP contribution is 2.20. The molecule has 0 fully saturated rings. The summed E-state index contributed by atoms with van der Waals surface area (Å²) in [7, 11) is 1.42. The van der Waals surface area contributed by atoms with E-state index < -0.39 is 11.9 Å².